The molecule has 0 N–H and O–H groups in total. The molecule has 5 nitrogen and oxygen atoms in total. The summed E-state index contributed by atoms with van der Waals surface area (Å²) in [7, 11) is -18.7. The number of rotatable bonds is 5. The van der Waals surface area contributed by atoms with Gasteiger partial charge in [0, 0.05) is 0 Å². The first-order valence-corrected chi connectivity index (χ1v) is 11.3. The molecule has 0 radical (unpaired) electrons. The quantitative estimate of drug-likeness (QED) is 0.270. The summed E-state index contributed by atoms with van der Waals surface area (Å²) in [4.78, 5) is 12.3. The monoisotopic (exact) mass is 454 g/mol. The maximum Gasteiger partial charge on any atom is 1.00 e. The van der Waals surface area contributed by atoms with E-state index in [2.05, 4.69) is 4.74 Å². The Morgan fingerprint density at radius 1 is 1.04 bits per heavy atom. The number of hydrogen-bond donors (Lipinski definition) is 0. The van der Waals surface area contributed by atoms with Crippen molar-refractivity contribution in [3.8, 4) is 0 Å². The summed E-state index contributed by atoms with van der Waals surface area (Å²) in [6.07, 6.45) is 3.37. The van der Waals surface area contributed by atoms with E-state index >= 15 is 0 Å². The number of halogens is 6. The predicted octanol–water partition coefficient (Wildman–Crippen LogP) is 1.22. The van der Waals surface area contributed by atoms with Crippen LogP contribution in [0, 0.1) is 23.2 Å². The predicted molar refractivity (Wildman–Crippen MR) is 78.2 cm³/mol. The molecule has 14 heteroatoms. The average Bonchev–Trinajstić information content (AvgIpc) is 2.38. The van der Waals surface area contributed by atoms with Crippen LogP contribution in [-0.2, 0) is 19.6 Å². The van der Waals surface area contributed by atoms with Gasteiger partial charge in [-0.15, -0.1) is 0 Å². The third kappa shape index (κ3) is 3.88. The fraction of sp³-hybridized carbons (Fsp3) is 0.923. The van der Waals surface area contributed by atoms with Gasteiger partial charge in [0.1, 0.15) is 0 Å². The van der Waals surface area contributed by atoms with E-state index in [9.17, 15) is 41.6 Å². The molecule has 0 aromatic carbocycles. The first-order valence-electron chi connectivity index (χ1n) is 7.90. The zero-order valence-corrected chi connectivity index (χ0v) is 17.9. The molecule has 27 heavy (non-hydrogen) atoms. The van der Waals surface area contributed by atoms with E-state index in [1.165, 1.54) is 0 Å². The molecule has 4 fully saturated rings. The molecule has 0 aromatic rings. The zero-order chi connectivity index (χ0) is 19.9. The van der Waals surface area contributed by atoms with Gasteiger partial charge in [-0.05, 0) is 56.3 Å². The van der Waals surface area contributed by atoms with Gasteiger partial charge in [-0.25, -0.2) is 12.8 Å². The van der Waals surface area contributed by atoms with Gasteiger partial charge in [0.05, 0.1) is 5.41 Å². The SMILES string of the molecule is O=C(OCC(F)(S(=O)(=O)[O-])S(F)(F)(F)(F)F)C12CC3CC(CC(C3)C1)C2.[Na+]. The van der Waals surface area contributed by atoms with Gasteiger partial charge in [-0.3, -0.25) is 4.79 Å². The average molecular weight is 454 g/mol. The van der Waals surface area contributed by atoms with Crippen LogP contribution in [-0.4, -0.2) is 29.9 Å². The first-order chi connectivity index (χ1) is 11.4. The fourth-order valence-electron chi connectivity index (χ4n) is 5.04. The normalized spacial score (nSPS) is 37.5. The van der Waals surface area contributed by atoms with E-state index < -0.39 is 42.7 Å². The fourth-order valence-corrected chi connectivity index (χ4v) is 7.07. The third-order valence-corrected chi connectivity index (χ3v) is 9.49. The number of carbonyl (C=O) groups excluding carboxylic acids is 1. The summed E-state index contributed by atoms with van der Waals surface area (Å²) in [6, 6.07) is 0. The van der Waals surface area contributed by atoms with Crippen LogP contribution < -0.4 is 29.6 Å². The van der Waals surface area contributed by atoms with Gasteiger partial charge in [0.2, 0.25) is 0 Å². The summed E-state index contributed by atoms with van der Waals surface area (Å²) in [5.41, 5.74) is -1.22. The number of hydrogen-bond acceptors (Lipinski definition) is 5. The summed E-state index contributed by atoms with van der Waals surface area (Å²) >= 11 is 0. The number of esters is 1. The van der Waals surface area contributed by atoms with Crippen LogP contribution in [0.4, 0.5) is 23.8 Å². The Kier molecular flexibility index (Phi) is 5.18. The standard InChI is InChI=1S/C13H18F6O5S2.Na/c14-13(25(21,22)23,26(15,16,17,18)19)7-24-11(20)12-4-8-1-9(5-12)3-10(2-8)6-12;/h8-10H,1-7H2,(H,21,22,23);/q;+1/p-1. The molecule has 1 atom stereocenters. The van der Waals surface area contributed by atoms with Crippen molar-refractivity contribution in [1.82, 2.24) is 0 Å². The van der Waals surface area contributed by atoms with Crippen LogP contribution in [0.3, 0.4) is 0 Å². The second-order valence-corrected chi connectivity index (χ2v) is 12.3. The van der Waals surface area contributed by atoms with Crippen molar-refractivity contribution in [2.24, 2.45) is 23.2 Å². The minimum atomic E-state index is -11.5. The second kappa shape index (κ2) is 5.93. The molecule has 4 aliphatic carbocycles. The van der Waals surface area contributed by atoms with Crippen molar-refractivity contribution in [3.05, 3.63) is 0 Å². The van der Waals surface area contributed by atoms with Crippen molar-refractivity contribution >= 4 is 26.3 Å². The molecule has 0 aromatic heterocycles. The molecule has 0 saturated heterocycles. The largest absolute Gasteiger partial charge is 1.00 e. The Hall–Kier alpha value is 0.310. The van der Waals surface area contributed by atoms with E-state index in [0.717, 1.165) is 19.3 Å². The number of ether oxygens (including phenoxy) is 1. The van der Waals surface area contributed by atoms with Crippen molar-refractivity contribution < 1.29 is 75.9 Å². The number of alkyl halides is 1. The molecule has 4 bridgehead atoms. The van der Waals surface area contributed by atoms with Crippen LogP contribution >= 0.6 is 10.2 Å². The molecule has 4 aliphatic rings. The van der Waals surface area contributed by atoms with Crippen molar-refractivity contribution in [2.45, 2.75) is 42.9 Å². The van der Waals surface area contributed by atoms with E-state index in [4.69, 9.17) is 0 Å². The minimum Gasteiger partial charge on any atom is -0.744 e. The van der Waals surface area contributed by atoms with Gasteiger partial charge in [-0.1, -0.05) is 19.4 Å². The summed E-state index contributed by atoms with van der Waals surface area (Å²) in [5.74, 6) is -0.919. The van der Waals surface area contributed by atoms with Crippen LogP contribution in [0.5, 0.6) is 0 Å². The molecule has 4 rings (SSSR count). The summed E-state index contributed by atoms with van der Waals surface area (Å²) in [5, 5.41) is 0. The maximum absolute atomic E-state index is 13.9. The molecule has 0 aliphatic heterocycles. The molecule has 0 heterocycles. The van der Waals surface area contributed by atoms with E-state index in [-0.39, 0.29) is 66.6 Å². The Labute approximate surface area is 174 Å². The van der Waals surface area contributed by atoms with Crippen molar-refractivity contribution in [2.75, 3.05) is 6.61 Å². The molecule has 154 valence electrons. The van der Waals surface area contributed by atoms with Crippen molar-refractivity contribution in [1.29, 1.82) is 0 Å². The van der Waals surface area contributed by atoms with E-state index in [1.807, 2.05) is 0 Å². The van der Waals surface area contributed by atoms with Gasteiger partial charge in [0.25, 0.3) is 0 Å². The van der Waals surface area contributed by atoms with Gasteiger partial charge in [0.15, 0.2) is 16.7 Å². The first kappa shape index (κ1) is 23.6. The molecule has 4 saturated carbocycles. The van der Waals surface area contributed by atoms with Crippen LogP contribution in [0.2, 0.25) is 0 Å². The smallest absolute Gasteiger partial charge is 0.744 e. The van der Waals surface area contributed by atoms with Crippen LogP contribution in [0.25, 0.3) is 0 Å². The minimum absolute atomic E-state index is 0. The summed E-state index contributed by atoms with van der Waals surface area (Å²) < 4.78 is 108. The topological polar surface area (TPSA) is 83.5 Å². The van der Waals surface area contributed by atoms with Crippen molar-refractivity contribution in [3.63, 3.8) is 0 Å². The molecule has 1 unspecified atom stereocenters. The number of carbonyl (C=O) groups is 1. The van der Waals surface area contributed by atoms with E-state index in [0.29, 0.717) is 0 Å². The summed E-state index contributed by atoms with van der Waals surface area (Å²) in [6.45, 7) is -2.89. The molecular weight excluding hydrogens is 437 g/mol. The Balaban J connectivity index is 0.00000261. The van der Waals surface area contributed by atoms with E-state index in [1.54, 1.807) is 0 Å². The molecule has 0 amide bonds. The zero-order valence-electron chi connectivity index (χ0n) is 14.3. The van der Waals surface area contributed by atoms with Gasteiger partial charge in [-0.2, -0.15) is 0 Å². The second-order valence-electron chi connectivity index (χ2n) is 7.86. The Bertz CT molecular complexity index is 720. The maximum atomic E-state index is 13.9. The third-order valence-electron chi connectivity index (χ3n) is 5.80. The van der Waals surface area contributed by atoms with Crippen LogP contribution in [0.15, 0.2) is 0 Å². The molecular formula is C13H17F6NaO5S2. The Morgan fingerprint density at radius 3 is 1.70 bits per heavy atom. The van der Waals surface area contributed by atoms with Gasteiger partial charge >= 0.3 is 50.1 Å². The van der Waals surface area contributed by atoms with Crippen LogP contribution in [0.1, 0.15) is 38.5 Å². The Morgan fingerprint density at radius 2 is 1.41 bits per heavy atom. The van der Waals surface area contributed by atoms with Gasteiger partial charge < -0.3 is 9.29 Å². The molecule has 0 spiro atoms.